The number of amides is 1. The predicted molar refractivity (Wildman–Crippen MR) is 145 cm³/mol. The Hall–Kier alpha value is -3.44. The number of ether oxygens (including phenoxy) is 1. The molecule has 1 heterocycles. The number of carboxylic acid groups (broad SMARTS) is 2. The Labute approximate surface area is 228 Å². The lowest BCUT2D eigenvalue weighted by Crippen LogP contribution is -2.50. The molecule has 4 N–H and O–H groups in total. The van der Waals surface area contributed by atoms with Gasteiger partial charge in [-0.1, -0.05) is 57.0 Å². The second kappa shape index (κ2) is 12.6. The summed E-state index contributed by atoms with van der Waals surface area (Å²) >= 11 is 0. The van der Waals surface area contributed by atoms with Crippen molar-refractivity contribution < 1.29 is 37.8 Å². The van der Waals surface area contributed by atoms with E-state index in [1.54, 1.807) is 0 Å². The zero-order valence-electron chi connectivity index (χ0n) is 22.4. The van der Waals surface area contributed by atoms with Gasteiger partial charge in [-0.05, 0) is 36.1 Å². The standard InChI is InChI=1S/C28H36N2O8S/c1-4-6-12-28(5-2)17-39(36,37)23-16-20(27(35)29-19(13-24(31)32)14-25(33)34)22(38-3)15-21(23)26(30-28)18-10-8-7-9-11-18/h7-11,15-16,19,26,30H,4-6,12-14,17H2,1-3H3,(H,29,35)(H,31,32)(H,33,34). The highest BCUT2D eigenvalue weighted by Gasteiger charge is 2.42. The minimum Gasteiger partial charge on any atom is -0.496 e. The van der Waals surface area contributed by atoms with Gasteiger partial charge in [0.15, 0.2) is 9.84 Å². The molecule has 3 rings (SSSR count). The highest BCUT2D eigenvalue weighted by molar-refractivity contribution is 7.91. The van der Waals surface area contributed by atoms with E-state index >= 15 is 0 Å². The average molecular weight is 561 g/mol. The summed E-state index contributed by atoms with van der Waals surface area (Å²) in [5, 5.41) is 24.4. The molecule has 0 bridgehead atoms. The average Bonchev–Trinajstić information content (AvgIpc) is 2.98. The fraction of sp³-hybridized carbons (Fsp3) is 0.464. The van der Waals surface area contributed by atoms with Crippen molar-refractivity contribution in [2.75, 3.05) is 12.9 Å². The minimum atomic E-state index is -3.90. The Morgan fingerprint density at radius 2 is 1.74 bits per heavy atom. The molecule has 1 amide bonds. The first kappa shape index (κ1) is 30.1. The third-order valence-corrected chi connectivity index (χ3v) is 9.09. The molecule has 0 spiro atoms. The fourth-order valence-corrected chi connectivity index (χ4v) is 7.24. The molecule has 2 aromatic rings. The van der Waals surface area contributed by atoms with Crippen LogP contribution in [0.1, 0.15) is 79.9 Å². The van der Waals surface area contributed by atoms with Gasteiger partial charge in [0.05, 0.1) is 48.2 Å². The van der Waals surface area contributed by atoms with E-state index < -0.39 is 58.1 Å². The Morgan fingerprint density at radius 3 is 2.28 bits per heavy atom. The zero-order chi connectivity index (χ0) is 28.8. The quantitative estimate of drug-likeness (QED) is 0.304. The van der Waals surface area contributed by atoms with Gasteiger partial charge in [-0.2, -0.15) is 0 Å². The summed E-state index contributed by atoms with van der Waals surface area (Å²) < 4.78 is 33.4. The molecule has 0 saturated heterocycles. The Kier molecular flexibility index (Phi) is 9.73. The SMILES string of the molecule is CCCCC1(CC)CS(=O)(=O)c2cc(C(=O)NC(CC(=O)O)CC(=O)O)c(OC)cc2C(c2ccccc2)N1. The largest absolute Gasteiger partial charge is 0.496 e. The van der Waals surface area contributed by atoms with Crippen LogP contribution in [0.5, 0.6) is 5.75 Å². The molecule has 1 aliphatic heterocycles. The summed E-state index contributed by atoms with van der Waals surface area (Å²) in [6.45, 7) is 4.01. The number of unbranched alkanes of at least 4 members (excludes halogenated alkanes) is 1. The molecule has 11 heteroatoms. The number of hydrogen-bond acceptors (Lipinski definition) is 7. The number of fused-ring (bicyclic) bond motifs is 1. The number of carboxylic acids is 2. The normalized spacial score (nSPS) is 20.1. The molecule has 0 aromatic heterocycles. The van der Waals surface area contributed by atoms with Crippen LogP contribution in [0.2, 0.25) is 0 Å². The Balaban J connectivity index is 2.18. The Bertz CT molecular complexity index is 1300. The molecule has 2 atom stereocenters. The fourth-order valence-electron chi connectivity index (χ4n) is 5.09. The molecule has 1 aliphatic rings. The van der Waals surface area contributed by atoms with Crippen molar-refractivity contribution in [2.24, 2.45) is 0 Å². The first-order chi connectivity index (χ1) is 18.4. The van der Waals surface area contributed by atoms with Gasteiger partial charge < -0.3 is 20.3 Å². The van der Waals surface area contributed by atoms with E-state index in [0.717, 1.165) is 18.4 Å². The van der Waals surface area contributed by atoms with Crippen LogP contribution in [-0.2, 0) is 19.4 Å². The van der Waals surface area contributed by atoms with E-state index in [1.807, 2.05) is 37.3 Å². The number of carbonyl (C=O) groups excluding carboxylic acids is 1. The van der Waals surface area contributed by atoms with Gasteiger partial charge >= 0.3 is 11.9 Å². The molecule has 10 nitrogen and oxygen atoms in total. The summed E-state index contributed by atoms with van der Waals surface area (Å²) in [7, 11) is -2.56. The van der Waals surface area contributed by atoms with E-state index in [2.05, 4.69) is 17.6 Å². The van der Waals surface area contributed by atoms with Crippen molar-refractivity contribution in [3.8, 4) is 5.75 Å². The highest BCUT2D eigenvalue weighted by atomic mass is 32.2. The summed E-state index contributed by atoms with van der Waals surface area (Å²) in [5.74, 6) is -3.46. The summed E-state index contributed by atoms with van der Waals surface area (Å²) in [4.78, 5) is 35.7. The molecule has 39 heavy (non-hydrogen) atoms. The molecule has 212 valence electrons. The Morgan fingerprint density at radius 1 is 1.10 bits per heavy atom. The number of aliphatic carboxylic acids is 2. The van der Waals surface area contributed by atoms with E-state index in [1.165, 1.54) is 19.2 Å². The van der Waals surface area contributed by atoms with Crippen LogP contribution >= 0.6 is 0 Å². The topological polar surface area (TPSA) is 159 Å². The number of nitrogens with one attached hydrogen (secondary N) is 2. The van der Waals surface area contributed by atoms with Crippen molar-refractivity contribution in [1.29, 1.82) is 0 Å². The van der Waals surface area contributed by atoms with Crippen molar-refractivity contribution in [3.63, 3.8) is 0 Å². The minimum absolute atomic E-state index is 0.0188. The van der Waals surface area contributed by atoms with Crippen molar-refractivity contribution in [3.05, 3.63) is 59.2 Å². The van der Waals surface area contributed by atoms with E-state index in [9.17, 15) is 22.8 Å². The lowest BCUT2D eigenvalue weighted by molar-refractivity contribution is -0.139. The first-order valence-corrected chi connectivity index (χ1v) is 14.6. The van der Waals surface area contributed by atoms with Crippen LogP contribution in [0.15, 0.2) is 47.4 Å². The van der Waals surface area contributed by atoms with E-state index in [4.69, 9.17) is 14.9 Å². The second-order valence-electron chi connectivity index (χ2n) is 9.94. The van der Waals surface area contributed by atoms with Gasteiger partial charge in [0.2, 0.25) is 0 Å². The molecule has 2 aromatic carbocycles. The van der Waals surface area contributed by atoms with Crippen molar-refractivity contribution in [1.82, 2.24) is 10.6 Å². The van der Waals surface area contributed by atoms with Crippen LogP contribution < -0.4 is 15.4 Å². The van der Waals surface area contributed by atoms with E-state index in [-0.39, 0.29) is 22.0 Å². The maximum absolute atomic E-state index is 13.9. The van der Waals surface area contributed by atoms with Gasteiger partial charge in [0.1, 0.15) is 5.75 Å². The van der Waals surface area contributed by atoms with Gasteiger partial charge in [-0.25, -0.2) is 8.42 Å². The molecular weight excluding hydrogens is 524 g/mol. The molecular formula is C28H36N2O8S. The van der Waals surface area contributed by atoms with Gasteiger partial charge in [0, 0.05) is 5.54 Å². The van der Waals surface area contributed by atoms with Gasteiger partial charge in [0.25, 0.3) is 5.91 Å². The molecule has 0 radical (unpaired) electrons. The lowest BCUT2D eigenvalue weighted by atomic mass is 9.88. The number of carbonyl (C=O) groups is 3. The number of benzene rings is 2. The van der Waals surface area contributed by atoms with Crippen LogP contribution in [-0.4, -0.2) is 60.9 Å². The summed E-state index contributed by atoms with van der Waals surface area (Å²) in [6.07, 6.45) is 1.73. The van der Waals surface area contributed by atoms with Gasteiger partial charge in [-0.3, -0.25) is 19.7 Å². The number of hydrogen-bond donors (Lipinski definition) is 4. The monoisotopic (exact) mass is 560 g/mol. The molecule has 0 saturated carbocycles. The van der Waals surface area contributed by atoms with Gasteiger partial charge in [-0.15, -0.1) is 0 Å². The van der Waals surface area contributed by atoms with Crippen molar-refractivity contribution >= 4 is 27.7 Å². The van der Waals surface area contributed by atoms with Crippen LogP contribution in [0.4, 0.5) is 0 Å². The third kappa shape index (κ3) is 7.15. The zero-order valence-corrected chi connectivity index (χ0v) is 23.2. The third-order valence-electron chi connectivity index (χ3n) is 7.14. The van der Waals surface area contributed by atoms with E-state index in [0.29, 0.717) is 18.4 Å². The second-order valence-corrected chi connectivity index (χ2v) is 11.9. The summed E-state index contributed by atoms with van der Waals surface area (Å²) in [5.41, 5.74) is 0.462. The predicted octanol–water partition coefficient (Wildman–Crippen LogP) is 3.55. The van der Waals surface area contributed by atoms with Crippen LogP contribution in [0.3, 0.4) is 0 Å². The number of rotatable bonds is 12. The molecule has 2 unspecified atom stereocenters. The number of methoxy groups -OCH3 is 1. The number of sulfone groups is 1. The van der Waals surface area contributed by atoms with Crippen LogP contribution in [0.25, 0.3) is 0 Å². The summed E-state index contributed by atoms with van der Waals surface area (Å²) in [6, 6.07) is 10.5. The van der Waals surface area contributed by atoms with Crippen LogP contribution in [0, 0.1) is 0 Å². The molecule has 0 fully saturated rings. The maximum atomic E-state index is 13.9. The lowest BCUT2D eigenvalue weighted by Gasteiger charge is -2.36. The van der Waals surface area contributed by atoms with Crippen molar-refractivity contribution in [2.45, 2.75) is 74.9 Å². The smallest absolute Gasteiger partial charge is 0.305 e. The first-order valence-electron chi connectivity index (χ1n) is 13.0. The maximum Gasteiger partial charge on any atom is 0.305 e. The highest BCUT2D eigenvalue weighted by Crippen LogP contribution is 2.40. The molecule has 0 aliphatic carbocycles.